The van der Waals surface area contributed by atoms with E-state index < -0.39 is 0 Å². The summed E-state index contributed by atoms with van der Waals surface area (Å²) in [5.41, 5.74) is 1.94. The van der Waals surface area contributed by atoms with Crippen LogP contribution < -0.4 is 5.32 Å². The normalized spacial score (nSPS) is 27.5. The quantitative estimate of drug-likeness (QED) is 0.714. The van der Waals surface area contributed by atoms with Crippen molar-refractivity contribution in [3.8, 4) is 0 Å². The van der Waals surface area contributed by atoms with Crippen molar-refractivity contribution in [2.24, 2.45) is 5.41 Å². The first kappa shape index (κ1) is 11.6. The van der Waals surface area contributed by atoms with Crippen molar-refractivity contribution in [3.05, 3.63) is 34.9 Å². The Morgan fingerprint density at radius 1 is 1.18 bits per heavy atom. The molecule has 0 aromatic heterocycles. The Kier molecular flexibility index (Phi) is 3.14. The van der Waals surface area contributed by atoms with Gasteiger partial charge in [-0.05, 0) is 42.4 Å². The zero-order valence-electron chi connectivity index (χ0n) is 10.2. The van der Waals surface area contributed by atoms with Crippen LogP contribution in [0, 0.1) is 5.41 Å². The largest absolute Gasteiger partial charge is 0.241 e. The van der Waals surface area contributed by atoms with Crippen LogP contribution in [0.5, 0.6) is 0 Å². The molecule has 3 rings (SSSR count). The molecule has 1 aromatic rings. The Morgan fingerprint density at radius 2 is 2.00 bits per heavy atom. The van der Waals surface area contributed by atoms with Crippen LogP contribution in [0.25, 0.3) is 0 Å². The van der Waals surface area contributed by atoms with Gasteiger partial charge in [-0.15, -0.1) is 0 Å². The van der Waals surface area contributed by atoms with E-state index in [0.717, 1.165) is 18.1 Å². The lowest BCUT2D eigenvalue weighted by atomic mass is 9.67. The molecule has 0 amide bonds. The average Bonchev–Trinajstić information content (AvgIpc) is 2.79. The van der Waals surface area contributed by atoms with E-state index in [1.54, 1.807) is 0 Å². The summed E-state index contributed by atoms with van der Waals surface area (Å²) in [4.78, 5) is 0. The summed E-state index contributed by atoms with van der Waals surface area (Å²) >= 11 is 6.13. The molecule has 1 atom stereocenters. The van der Waals surface area contributed by atoms with Crippen LogP contribution in [0.3, 0.4) is 0 Å². The minimum Gasteiger partial charge on any atom is -0.241 e. The van der Waals surface area contributed by atoms with E-state index in [0.29, 0.717) is 11.3 Å². The van der Waals surface area contributed by atoms with Gasteiger partial charge in [-0.2, -0.15) is 0 Å². The van der Waals surface area contributed by atoms with Gasteiger partial charge in [0.15, 0.2) is 0 Å². The Balaban J connectivity index is 1.93. The number of hydrogen-bond donors (Lipinski definition) is 0. The first-order valence-electron chi connectivity index (χ1n) is 6.69. The van der Waals surface area contributed by atoms with Gasteiger partial charge in [0.05, 0.1) is 0 Å². The Labute approximate surface area is 109 Å². The van der Waals surface area contributed by atoms with Gasteiger partial charge in [0.2, 0.25) is 0 Å². The maximum atomic E-state index is 6.13. The van der Waals surface area contributed by atoms with Crippen LogP contribution in [0.15, 0.2) is 24.3 Å². The van der Waals surface area contributed by atoms with Crippen molar-refractivity contribution >= 4 is 11.6 Å². The molecule has 1 nitrogen and oxygen atoms in total. The lowest BCUT2D eigenvalue weighted by Crippen LogP contribution is -2.39. The van der Waals surface area contributed by atoms with Crippen LogP contribution in [0.4, 0.5) is 0 Å². The molecular formula is C15H19ClN. The highest BCUT2D eigenvalue weighted by Gasteiger charge is 2.43. The van der Waals surface area contributed by atoms with Gasteiger partial charge in [0.1, 0.15) is 0 Å². The molecule has 0 bridgehead atoms. The Bertz CT molecular complexity index is 396. The molecular weight excluding hydrogens is 230 g/mol. The second-order valence-electron chi connectivity index (χ2n) is 5.56. The fourth-order valence-electron chi connectivity index (χ4n) is 3.75. The van der Waals surface area contributed by atoms with E-state index in [-0.39, 0.29) is 0 Å². The minimum atomic E-state index is 0.534. The molecule has 1 aliphatic heterocycles. The third-order valence-electron chi connectivity index (χ3n) is 4.67. The molecule has 1 radical (unpaired) electrons. The van der Waals surface area contributed by atoms with E-state index >= 15 is 0 Å². The lowest BCUT2D eigenvalue weighted by molar-refractivity contribution is 0.168. The second kappa shape index (κ2) is 4.62. The zero-order chi connectivity index (χ0) is 11.7. The van der Waals surface area contributed by atoms with Crippen LogP contribution in [-0.2, 0) is 0 Å². The predicted octanol–water partition coefficient (Wildman–Crippen LogP) is 3.99. The molecule has 1 unspecified atom stereocenters. The minimum absolute atomic E-state index is 0.534. The summed E-state index contributed by atoms with van der Waals surface area (Å²) in [5.74, 6) is 0.609. The molecule has 1 saturated carbocycles. The predicted molar refractivity (Wildman–Crippen MR) is 71.6 cm³/mol. The molecule has 1 spiro atoms. The number of piperidine rings is 1. The van der Waals surface area contributed by atoms with Gasteiger partial charge in [0.25, 0.3) is 0 Å². The van der Waals surface area contributed by atoms with Crippen molar-refractivity contribution < 1.29 is 0 Å². The Morgan fingerprint density at radius 3 is 2.76 bits per heavy atom. The van der Waals surface area contributed by atoms with E-state index in [1.165, 1.54) is 37.7 Å². The number of rotatable bonds is 1. The van der Waals surface area contributed by atoms with Crippen molar-refractivity contribution in [2.45, 2.75) is 38.0 Å². The summed E-state index contributed by atoms with van der Waals surface area (Å²) in [6, 6.07) is 8.42. The summed E-state index contributed by atoms with van der Waals surface area (Å²) in [5, 5.41) is 5.50. The highest BCUT2D eigenvalue weighted by Crippen LogP contribution is 2.52. The molecule has 1 heterocycles. The molecule has 0 N–H and O–H groups in total. The monoisotopic (exact) mass is 248 g/mol. The van der Waals surface area contributed by atoms with Crippen molar-refractivity contribution in [3.63, 3.8) is 0 Å². The summed E-state index contributed by atoms with van der Waals surface area (Å²) in [7, 11) is 0. The molecule has 91 valence electrons. The number of hydrogen-bond acceptors (Lipinski definition) is 0. The molecule has 1 aromatic carbocycles. The molecule has 1 saturated heterocycles. The first-order valence-corrected chi connectivity index (χ1v) is 7.07. The molecule has 2 fully saturated rings. The van der Waals surface area contributed by atoms with E-state index in [1.807, 2.05) is 6.07 Å². The fourth-order valence-corrected chi connectivity index (χ4v) is 3.95. The number of benzene rings is 1. The highest BCUT2D eigenvalue weighted by atomic mass is 35.5. The van der Waals surface area contributed by atoms with Gasteiger partial charge in [-0.25, -0.2) is 5.32 Å². The van der Waals surface area contributed by atoms with Crippen LogP contribution in [0.2, 0.25) is 5.02 Å². The number of nitrogens with zero attached hydrogens (tertiary/aromatic N) is 1. The van der Waals surface area contributed by atoms with Crippen molar-refractivity contribution in [1.82, 2.24) is 5.32 Å². The van der Waals surface area contributed by atoms with Crippen LogP contribution in [-0.4, -0.2) is 13.1 Å². The highest BCUT2D eigenvalue weighted by molar-refractivity contribution is 6.30. The lowest BCUT2D eigenvalue weighted by Gasteiger charge is -2.41. The maximum Gasteiger partial charge on any atom is 0.0408 e. The molecule has 1 aliphatic carbocycles. The van der Waals surface area contributed by atoms with Gasteiger partial charge in [-0.1, -0.05) is 36.6 Å². The maximum absolute atomic E-state index is 6.13. The van der Waals surface area contributed by atoms with E-state index in [4.69, 9.17) is 11.6 Å². The third-order valence-corrected chi connectivity index (χ3v) is 4.90. The summed E-state index contributed by atoms with van der Waals surface area (Å²) < 4.78 is 0. The van der Waals surface area contributed by atoms with Gasteiger partial charge < -0.3 is 0 Å². The standard InChI is InChI=1S/C15H19ClN/c16-13-5-3-4-12(10-13)14-11-17-9-8-15(14)6-1-2-7-15/h3-5,10,14H,1-2,6-9,11H2. The van der Waals surface area contributed by atoms with Crippen LogP contribution in [0.1, 0.15) is 43.6 Å². The topological polar surface area (TPSA) is 14.1 Å². The summed E-state index contributed by atoms with van der Waals surface area (Å²) in [6.45, 7) is 2.07. The molecule has 17 heavy (non-hydrogen) atoms. The smallest absolute Gasteiger partial charge is 0.0408 e. The first-order chi connectivity index (χ1) is 8.30. The zero-order valence-corrected chi connectivity index (χ0v) is 10.9. The van der Waals surface area contributed by atoms with Crippen LogP contribution >= 0.6 is 11.6 Å². The van der Waals surface area contributed by atoms with Gasteiger partial charge >= 0.3 is 0 Å². The van der Waals surface area contributed by atoms with E-state index in [9.17, 15) is 0 Å². The Hall–Kier alpha value is -0.530. The van der Waals surface area contributed by atoms with Gasteiger partial charge in [0, 0.05) is 24.0 Å². The van der Waals surface area contributed by atoms with Gasteiger partial charge in [-0.3, -0.25) is 0 Å². The molecule has 2 heteroatoms. The average molecular weight is 249 g/mol. The molecule has 2 aliphatic rings. The van der Waals surface area contributed by atoms with Crippen molar-refractivity contribution in [1.29, 1.82) is 0 Å². The fraction of sp³-hybridized carbons (Fsp3) is 0.600. The summed E-state index contributed by atoms with van der Waals surface area (Å²) in [6.07, 6.45) is 6.86. The SMILES string of the molecule is Clc1cccc(C2C[N]CCC23CCCC3)c1. The number of halogens is 1. The van der Waals surface area contributed by atoms with E-state index in [2.05, 4.69) is 23.5 Å². The third kappa shape index (κ3) is 2.11. The second-order valence-corrected chi connectivity index (χ2v) is 5.99. The van der Waals surface area contributed by atoms with Crippen molar-refractivity contribution in [2.75, 3.05) is 13.1 Å².